The predicted octanol–water partition coefficient (Wildman–Crippen LogP) is 5.27. The van der Waals surface area contributed by atoms with E-state index in [2.05, 4.69) is 64.5 Å². The number of aromatic nitrogens is 3. The van der Waals surface area contributed by atoms with Crippen LogP contribution in [0.3, 0.4) is 0 Å². The Morgan fingerprint density at radius 2 is 1.61 bits per heavy atom. The molecule has 1 saturated heterocycles. The monoisotopic (exact) mass is 440 g/mol. The molecule has 5 rings (SSSR count). The molecule has 4 aromatic rings. The first kappa shape index (κ1) is 21.2. The Morgan fingerprint density at radius 1 is 0.879 bits per heavy atom. The second-order valence-electron chi connectivity index (χ2n) is 8.80. The number of ether oxygens (including phenoxy) is 2. The van der Waals surface area contributed by atoms with Gasteiger partial charge in [-0.05, 0) is 42.0 Å². The molecule has 1 fully saturated rings. The molecule has 168 valence electrons. The highest BCUT2D eigenvalue weighted by atomic mass is 16.5. The first-order valence-electron chi connectivity index (χ1n) is 11.3. The lowest BCUT2D eigenvalue weighted by atomic mass is 9.74. The van der Waals surface area contributed by atoms with Crippen LogP contribution < -0.4 is 14.4 Å². The van der Waals surface area contributed by atoms with Crippen molar-refractivity contribution in [3.8, 4) is 22.6 Å². The first-order valence-corrected chi connectivity index (χ1v) is 11.3. The Hall–Kier alpha value is -3.67. The number of benzene rings is 2. The number of pyridine rings is 1. The fraction of sp³-hybridized carbons (Fsp3) is 0.296. The summed E-state index contributed by atoms with van der Waals surface area (Å²) in [4.78, 5) is 7.18. The molecule has 33 heavy (non-hydrogen) atoms. The van der Waals surface area contributed by atoms with Gasteiger partial charge < -0.3 is 14.4 Å². The van der Waals surface area contributed by atoms with Crippen LogP contribution >= 0.6 is 0 Å². The number of hydrogen-bond acceptors (Lipinski definition) is 6. The van der Waals surface area contributed by atoms with Gasteiger partial charge in [0.05, 0.1) is 25.9 Å². The number of nitrogens with zero attached hydrogens (tertiary/aromatic N) is 4. The Kier molecular flexibility index (Phi) is 5.58. The van der Waals surface area contributed by atoms with E-state index in [-0.39, 0.29) is 5.41 Å². The van der Waals surface area contributed by atoms with E-state index < -0.39 is 0 Å². The molecule has 0 spiro atoms. The summed E-state index contributed by atoms with van der Waals surface area (Å²) in [5, 5.41) is 9.41. The smallest absolute Gasteiger partial charge is 0.162 e. The van der Waals surface area contributed by atoms with Gasteiger partial charge >= 0.3 is 0 Å². The maximum atomic E-state index is 5.49. The summed E-state index contributed by atoms with van der Waals surface area (Å²) in [6, 6.07) is 18.9. The highest BCUT2D eigenvalue weighted by Crippen LogP contribution is 2.37. The lowest BCUT2D eigenvalue weighted by Crippen LogP contribution is -2.41. The van der Waals surface area contributed by atoms with Gasteiger partial charge in [0.15, 0.2) is 11.5 Å². The van der Waals surface area contributed by atoms with E-state index in [4.69, 9.17) is 14.5 Å². The van der Waals surface area contributed by atoms with Gasteiger partial charge in [0.25, 0.3) is 0 Å². The molecule has 0 unspecified atom stereocenters. The summed E-state index contributed by atoms with van der Waals surface area (Å²) in [6.07, 6.45) is 5.92. The van der Waals surface area contributed by atoms with Gasteiger partial charge in [0.1, 0.15) is 5.82 Å². The van der Waals surface area contributed by atoms with Gasteiger partial charge in [-0.3, -0.25) is 0 Å². The van der Waals surface area contributed by atoms with Crippen LogP contribution in [0.5, 0.6) is 11.5 Å². The molecule has 0 bridgehead atoms. The third-order valence-corrected chi connectivity index (χ3v) is 6.86. The lowest BCUT2D eigenvalue weighted by Gasteiger charge is -2.40. The van der Waals surface area contributed by atoms with E-state index in [0.717, 1.165) is 53.8 Å². The SMILES string of the molecule is COc1cc2nncc(-c3ccc(N4CCC(C)(c5ccccc5)CC4)nc3)c2cc1OC. The Balaban J connectivity index is 1.38. The summed E-state index contributed by atoms with van der Waals surface area (Å²) in [5.74, 6) is 2.32. The molecule has 2 aromatic heterocycles. The van der Waals surface area contributed by atoms with Crippen molar-refractivity contribution in [3.63, 3.8) is 0 Å². The van der Waals surface area contributed by atoms with Crippen molar-refractivity contribution in [2.45, 2.75) is 25.2 Å². The summed E-state index contributed by atoms with van der Waals surface area (Å²) in [7, 11) is 3.25. The summed E-state index contributed by atoms with van der Waals surface area (Å²) < 4.78 is 10.9. The van der Waals surface area contributed by atoms with E-state index in [1.165, 1.54) is 5.56 Å². The van der Waals surface area contributed by atoms with Crippen molar-refractivity contribution in [2.24, 2.45) is 0 Å². The number of rotatable bonds is 5. The second kappa shape index (κ2) is 8.70. The molecular formula is C27H28N4O2. The maximum Gasteiger partial charge on any atom is 0.162 e. The first-order chi connectivity index (χ1) is 16.1. The summed E-state index contributed by atoms with van der Waals surface area (Å²) >= 11 is 0. The highest BCUT2D eigenvalue weighted by molar-refractivity contribution is 5.95. The topological polar surface area (TPSA) is 60.4 Å². The van der Waals surface area contributed by atoms with Crippen LogP contribution in [0, 0.1) is 0 Å². The molecule has 0 saturated carbocycles. The molecule has 6 heteroatoms. The quantitative estimate of drug-likeness (QED) is 0.421. The van der Waals surface area contributed by atoms with Crippen LogP contribution in [0.4, 0.5) is 5.82 Å². The largest absolute Gasteiger partial charge is 0.493 e. The van der Waals surface area contributed by atoms with Crippen LogP contribution in [0.15, 0.2) is 67.0 Å². The van der Waals surface area contributed by atoms with Crippen molar-refractivity contribution >= 4 is 16.7 Å². The molecule has 0 aliphatic carbocycles. The van der Waals surface area contributed by atoms with E-state index in [0.29, 0.717) is 11.5 Å². The minimum absolute atomic E-state index is 0.222. The third kappa shape index (κ3) is 3.97. The molecule has 3 heterocycles. The van der Waals surface area contributed by atoms with Crippen molar-refractivity contribution in [3.05, 3.63) is 72.6 Å². The fourth-order valence-corrected chi connectivity index (χ4v) is 4.71. The van der Waals surface area contributed by atoms with Gasteiger partial charge in [-0.25, -0.2) is 4.98 Å². The zero-order valence-electron chi connectivity index (χ0n) is 19.3. The van der Waals surface area contributed by atoms with E-state index in [1.54, 1.807) is 20.4 Å². The van der Waals surface area contributed by atoms with Crippen molar-refractivity contribution in [1.29, 1.82) is 0 Å². The Labute approximate surface area is 194 Å². The molecular weight excluding hydrogens is 412 g/mol. The van der Waals surface area contributed by atoms with Gasteiger partial charge in [-0.2, -0.15) is 10.2 Å². The predicted molar refractivity (Wildman–Crippen MR) is 131 cm³/mol. The van der Waals surface area contributed by atoms with Gasteiger partial charge in [-0.15, -0.1) is 0 Å². The third-order valence-electron chi connectivity index (χ3n) is 6.86. The highest BCUT2D eigenvalue weighted by Gasteiger charge is 2.32. The van der Waals surface area contributed by atoms with Crippen molar-refractivity contribution in [1.82, 2.24) is 15.2 Å². The lowest BCUT2D eigenvalue weighted by molar-refractivity contribution is 0.356. The van der Waals surface area contributed by atoms with Gasteiger partial charge in [-0.1, -0.05) is 37.3 Å². The zero-order chi connectivity index (χ0) is 22.8. The van der Waals surface area contributed by atoms with E-state index in [1.807, 2.05) is 18.3 Å². The van der Waals surface area contributed by atoms with Crippen LogP contribution in [-0.4, -0.2) is 42.5 Å². The molecule has 1 aliphatic rings. The van der Waals surface area contributed by atoms with Crippen LogP contribution in [-0.2, 0) is 5.41 Å². The summed E-state index contributed by atoms with van der Waals surface area (Å²) in [6.45, 7) is 4.37. The zero-order valence-corrected chi connectivity index (χ0v) is 19.3. The number of methoxy groups -OCH3 is 2. The Bertz CT molecular complexity index is 1250. The van der Waals surface area contributed by atoms with Crippen molar-refractivity contribution in [2.75, 3.05) is 32.2 Å². The average molecular weight is 441 g/mol. The van der Waals surface area contributed by atoms with Gasteiger partial charge in [0.2, 0.25) is 0 Å². The minimum Gasteiger partial charge on any atom is -0.493 e. The molecule has 0 amide bonds. The van der Waals surface area contributed by atoms with E-state index >= 15 is 0 Å². The summed E-state index contributed by atoms with van der Waals surface area (Å²) in [5.41, 5.74) is 4.37. The molecule has 6 nitrogen and oxygen atoms in total. The van der Waals surface area contributed by atoms with Crippen LogP contribution in [0.25, 0.3) is 22.0 Å². The Morgan fingerprint density at radius 3 is 2.27 bits per heavy atom. The second-order valence-corrected chi connectivity index (χ2v) is 8.80. The number of anilines is 1. The maximum absolute atomic E-state index is 5.49. The fourth-order valence-electron chi connectivity index (χ4n) is 4.71. The molecule has 0 radical (unpaired) electrons. The van der Waals surface area contributed by atoms with Crippen LogP contribution in [0.2, 0.25) is 0 Å². The molecule has 2 aromatic carbocycles. The van der Waals surface area contributed by atoms with Crippen molar-refractivity contribution < 1.29 is 9.47 Å². The molecule has 0 atom stereocenters. The average Bonchev–Trinajstić information content (AvgIpc) is 2.88. The number of piperidine rings is 1. The number of fused-ring (bicyclic) bond motifs is 1. The van der Waals surface area contributed by atoms with E-state index in [9.17, 15) is 0 Å². The van der Waals surface area contributed by atoms with Crippen LogP contribution in [0.1, 0.15) is 25.3 Å². The standard InChI is InChI=1S/C27H28N4O2/c1-27(20-7-5-4-6-8-20)11-13-31(14-12-27)26-10-9-19(17-28-26)22-18-29-30-23-16-25(33-3)24(32-2)15-21(22)23/h4-10,15-18H,11-14H2,1-3H3. The molecule has 0 N–H and O–H groups in total. The van der Waals surface area contributed by atoms with Gasteiger partial charge in [0, 0.05) is 41.9 Å². The molecule has 1 aliphatic heterocycles. The normalized spacial score (nSPS) is 15.4. The number of hydrogen-bond donors (Lipinski definition) is 0. The minimum atomic E-state index is 0.222.